The first-order chi connectivity index (χ1) is 35.7. The topological polar surface area (TPSA) is 482 Å². The van der Waals surface area contributed by atoms with Crippen molar-refractivity contribution in [1.82, 2.24) is 0 Å². The summed E-state index contributed by atoms with van der Waals surface area (Å²) in [6.07, 6.45) is 2.64. The maximum atomic E-state index is 10.3. The number of aromatic carboxylic acids is 12. The van der Waals surface area contributed by atoms with Gasteiger partial charge in [-0.1, -0.05) is 172 Å². The zero-order chi connectivity index (χ0) is 58.2. The molecule has 0 spiro atoms. The lowest BCUT2D eigenvalue weighted by Crippen LogP contribution is -2.29. The van der Waals surface area contributed by atoms with Crippen LogP contribution in [-0.4, -0.2) is 71.6 Å². The molecule has 0 heterocycles. The van der Waals surface area contributed by atoms with Crippen LogP contribution in [0, 0.1) is 0 Å². The van der Waals surface area contributed by atoms with Gasteiger partial charge in [-0.2, -0.15) is 0 Å². The van der Waals surface area contributed by atoms with Crippen molar-refractivity contribution in [2.75, 3.05) is 0 Å². The number of benzene rings is 6. The van der Waals surface area contributed by atoms with Crippen molar-refractivity contribution in [2.45, 2.75) is 26.7 Å². The summed E-state index contributed by atoms with van der Waals surface area (Å²) in [5.74, 6) is -18.2. The Bertz CT molecular complexity index is 2340. The highest BCUT2D eigenvalue weighted by atomic mass is 16.4. The standard InChI is InChI=1S/6C8H6O4.C4H10/c6*9-7(10)5-3-1-2-4-6(5)8(11)12;1-3-4-2/h6*1-4H,(H,9,10)(H,11,12);3-4H2,1-2H3/p-12. The van der Waals surface area contributed by atoms with Gasteiger partial charge in [-0.05, 0) is 0 Å². The number of hydrogen-bond donors (Lipinski definition) is 0. The van der Waals surface area contributed by atoms with Crippen molar-refractivity contribution >= 4 is 71.6 Å². The fourth-order valence-corrected chi connectivity index (χ4v) is 5.03. The van der Waals surface area contributed by atoms with Crippen LogP contribution in [0.25, 0.3) is 0 Å². The van der Waals surface area contributed by atoms with Gasteiger partial charge in [-0.3, -0.25) is 0 Å². The summed E-state index contributed by atoms with van der Waals surface area (Å²) in [7, 11) is 0. The van der Waals surface area contributed by atoms with Crippen LogP contribution >= 0.6 is 0 Å². The third kappa shape index (κ3) is 22.4. The normalized spacial score (nSPS) is 9.24. The number of carbonyl (C=O) groups excluding carboxylic acids is 12. The fourth-order valence-electron chi connectivity index (χ4n) is 5.03. The van der Waals surface area contributed by atoms with Crippen LogP contribution in [0.5, 0.6) is 0 Å². The number of carboxylic acid groups (broad SMARTS) is 12. The maximum Gasteiger partial charge on any atom is 0.0721 e. The molecule has 0 N–H and O–H groups in total. The first-order valence-corrected chi connectivity index (χ1v) is 20.8. The van der Waals surface area contributed by atoms with Crippen LogP contribution in [0.1, 0.15) is 151 Å². The first-order valence-electron chi connectivity index (χ1n) is 20.8. The molecule has 398 valence electrons. The van der Waals surface area contributed by atoms with Crippen molar-refractivity contribution in [3.05, 3.63) is 212 Å². The third-order valence-electron chi connectivity index (χ3n) is 8.70. The van der Waals surface area contributed by atoms with E-state index < -0.39 is 71.6 Å². The molecule has 24 heteroatoms. The minimum absolute atomic E-state index is 0.363. The molecule has 0 fully saturated rings. The Kier molecular flexibility index (Phi) is 28.7. The molecule has 0 aliphatic carbocycles. The summed E-state index contributed by atoms with van der Waals surface area (Å²) in [4.78, 5) is 124. The first kappa shape index (κ1) is 65.0. The highest BCUT2D eigenvalue weighted by molar-refractivity contribution is 6.03. The molecule has 0 amide bonds. The molecule has 0 saturated carbocycles. The van der Waals surface area contributed by atoms with E-state index in [1.54, 1.807) is 0 Å². The Morgan fingerprint density at radius 3 is 0.303 bits per heavy atom. The summed E-state index contributed by atoms with van der Waals surface area (Å²) in [5, 5.41) is 124. The zero-order valence-electron chi connectivity index (χ0n) is 39.1. The molecule has 6 aromatic rings. The summed E-state index contributed by atoms with van der Waals surface area (Å²) < 4.78 is 0. The molecule has 76 heavy (non-hydrogen) atoms. The molecule has 0 aromatic heterocycles. The molecular formula is C52H34O24-12. The van der Waals surface area contributed by atoms with E-state index >= 15 is 0 Å². The van der Waals surface area contributed by atoms with Gasteiger partial charge in [0.15, 0.2) is 0 Å². The van der Waals surface area contributed by atoms with Crippen molar-refractivity contribution in [3.8, 4) is 0 Å². The monoisotopic (exact) mass is 1040 g/mol. The van der Waals surface area contributed by atoms with Crippen molar-refractivity contribution in [2.24, 2.45) is 0 Å². The van der Waals surface area contributed by atoms with Crippen molar-refractivity contribution in [3.63, 3.8) is 0 Å². The van der Waals surface area contributed by atoms with Gasteiger partial charge < -0.3 is 119 Å². The van der Waals surface area contributed by atoms with Gasteiger partial charge in [-0.25, -0.2) is 0 Å². The molecule has 0 aliphatic rings. The smallest absolute Gasteiger partial charge is 0.0721 e. The molecule has 24 nitrogen and oxygen atoms in total. The molecule has 0 radical (unpaired) electrons. The van der Waals surface area contributed by atoms with E-state index in [0.717, 1.165) is 72.8 Å². The molecule has 6 aromatic carbocycles. The minimum Gasteiger partial charge on any atom is -0.545 e. The largest absolute Gasteiger partial charge is 0.545 e. The SMILES string of the molecule is CCCC.O=C([O-])c1ccccc1C(=O)[O-].O=C([O-])c1ccccc1C(=O)[O-].O=C([O-])c1ccccc1C(=O)[O-].O=C([O-])c1ccccc1C(=O)[O-].O=C([O-])c1ccccc1C(=O)[O-].O=C([O-])c1ccccc1C(=O)[O-]. The quantitative estimate of drug-likeness (QED) is 0.104. The second-order valence-corrected chi connectivity index (χ2v) is 13.7. The number of carboxylic acids is 12. The van der Waals surface area contributed by atoms with Gasteiger partial charge in [0, 0.05) is 66.8 Å². The number of unbranched alkanes of at least 4 members (excludes halogenated alkanes) is 1. The maximum absolute atomic E-state index is 10.3. The summed E-state index contributed by atoms with van der Waals surface area (Å²) in [5.41, 5.74) is -4.36. The summed E-state index contributed by atoms with van der Waals surface area (Å²) >= 11 is 0. The highest BCUT2D eigenvalue weighted by Gasteiger charge is 2.06. The highest BCUT2D eigenvalue weighted by Crippen LogP contribution is 2.10. The van der Waals surface area contributed by atoms with Gasteiger partial charge >= 0.3 is 0 Å². The Labute approximate surface area is 428 Å². The Morgan fingerprint density at radius 2 is 0.263 bits per heavy atom. The minimum atomic E-state index is -1.52. The van der Waals surface area contributed by atoms with Gasteiger partial charge in [0.1, 0.15) is 0 Å². The fraction of sp³-hybridized carbons (Fsp3) is 0.0769. The number of carbonyl (C=O) groups is 12. The molecular weight excluding hydrogens is 1010 g/mol. The Balaban J connectivity index is 0.000000875. The van der Waals surface area contributed by atoms with Crippen LogP contribution in [-0.2, 0) is 0 Å². The molecule has 0 atom stereocenters. The lowest BCUT2D eigenvalue weighted by atomic mass is 10.1. The summed E-state index contributed by atoms with van der Waals surface area (Å²) in [6.45, 7) is 4.36. The van der Waals surface area contributed by atoms with E-state index in [1.165, 1.54) is 85.6 Å². The molecule has 0 unspecified atom stereocenters. The van der Waals surface area contributed by atoms with E-state index in [0.29, 0.717) is 0 Å². The summed E-state index contributed by atoms with van der Waals surface area (Å²) in [6, 6.07) is 30.8. The third-order valence-corrected chi connectivity index (χ3v) is 8.70. The predicted octanol–water partition coefficient (Wildman–Crippen LogP) is -7.71. The van der Waals surface area contributed by atoms with E-state index in [9.17, 15) is 119 Å². The Morgan fingerprint density at radius 1 is 0.197 bits per heavy atom. The van der Waals surface area contributed by atoms with Crippen molar-refractivity contribution in [1.29, 1.82) is 0 Å². The van der Waals surface area contributed by atoms with Crippen molar-refractivity contribution < 1.29 is 119 Å². The van der Waals surface area contributed by atoms with Crippen LogP contribution in [0.2, 0.25) is 0 Å². The second kappa shape index (κ2) is 33.5. The Hall–Kier alpha value is -11.0. The van der Waals surface area contributed by atoms with Gasteiger partial charge in [-0.15, -0.1) is 0 Å². The van der Waals surface area contributed by atoms with Crippen LogP contribution in [0.4, 0.5) is 0 Å². The average molecular weight is 1040 g/mol. The molecule has 0 saturated heterocycles. The number of hydrogen-bond acceptors (Lipinski definition) is 24. The lowest BCUT2D eigenvalue weighted by Gasteiger charge is -2.09. The average Bonchev–Trinajstić information content (AvgIpc) is 3.39. The van der Waals surface area contributed by atoms with E-state index in [2.05, 4.69) is 13.8 Å². The zero-order valence-corrected chi connectivity index (χ0v) is 39.1. The van der Waals surface area contributed by atoms with Gasteiger partial charge in [0.25, 0.3) is 0 Å². The van der Waals surface area contributed by atoms with Crippen LogP contribution < -0.4 is 61.3 Å². The van der Waals surface area contributed by atoms with Gasteiger partial charge in [0.05, 0.1) is 71.6 Å². The van der Waals surface area contributed by atoms with E-state index in [4.69, 9.17) is 0 Å². The second-order valence-electron chi connectivity index (χ2n) is 13.7. The lowest BCUT2D eigenvalue weighted by molar-refractivity contribution is -0.259. The van der Waals surface area contributed by atoms with Gasteiger partial charge in [0.2, 0.25) is 0 Å². The van der Waals surface area contributed by atoms with E-state index in [1.807, 2.05) is 0 Å². The number of rotatable bonds is 13. The van der Waals surface area contributed by atoms with Crippen LogP contribution in [0.3, 0.4) is 0 Å². The predicted molar refractivity (Wildman–Crippen MR) is 231 cm³/mol. The molecule has 0 aliphatic heterocycles. The molecule has 6 rings (SSSR count). The van der Waals surface area contributed by atoms with E-state index in [-0.39, 0.29) is 66.8 Å². The molecule has 0 bridgehead atoms. The van der Waals surface area contributed by atoms with Crippen LogP contribution in [0.15, 0.2) is 146 Å².